The molecular weight excluding hydrogens is 342 g/mol. The van der Waals surface area contributed by atoms with Crippen LogP contribution in [0.15, 0.2) is 59.6 Å². The molecule has 2 aromatic rings. The SMILES string of the molecule is CON1C=CCc2cc(NS(=O)(=O)c3ccc(C(N)=O)cc3)ccc21. The van der Waals surface area contributed by atoms with Crippen LogP contribution < -0.4 is 15.5 Å². The third-order valence-electron chi connectivity index (χ3n) is 3.79. The van der Waals surface area contributed by atoms with Crippen LogP contribution in [0, 0.1) is 0 Å². The van der Waals surface area contributed by atoms with E-state index in [4.69, 9.17) is 10.6 Å². The van der Waals surface area contributed by atoms with Crippen molar-refractivity contribution >= 4 is 27.3 Å². The summed E-state index contributed by atoms with van der Waals surface area (Å²) in [5.41, 5.74) is 7.66. The molecule has 1 aliphatic heterocycles. The van der Waals surface area contributed by atoms with Crippen LogP contribution in [-0.2, 0) is 21.3 Å². The number of hydrogen-bond donors (Lipinski definition) is 2. The molecule has 3 N–H and O–H groups in total. The number of fused-ring (bicyclic) bond motifs is 1. The molecule has 0 bridgehead atoms. The number of benzene rings is 2. The number of nitrogens with one attached hydrogen (secondary N) is 1. The van der Waals surface area contributed by atoms with Gasteiger partial charge in [0.25, 0.3) is 10.0 Å². The average Bonchev–Trinajstić information content (AvgIpc) is 2.60. The lowest BCUT2D eigenvalue weighted by Gasteiger charge is -2.24. The van der Waals surface area contributed by atoms with E-state index in [0.717, 1.165) is 11.3 Å². The van der Waals surface area contributed by atoms with E-state index in [1.54, 1.807) is 30.4 Å². The first-order chi connectivity index (χ1) is 11.9. The van der Waals surface area contributed by atoms with Gasteiger partial charge in [0.1, 0.15) is 0 Å². The summed E-state index contributed by atoms with van der Waals surface area (Å²) < 4.78 is 27.5. The van der Waals surface area contributed by atoms with E-state index in [-0.39, 0.29) is 10.5 Å². The van der Waals surface area contributed by atoms with E-state index in [2.05, 4.69) is 4.72 Å². The molecule has 0 aromatic heterocycles. The first-order valence-corrected chi connectivity index (χ1v) is 8.94. The van der Waals surface area contributed by atoms with Gasteiger partial charge in [-0.15, -0.1) is 0 Å². The van der Waals surface area contributed by atoms with Gasteiger partial charge in [-0.3, -0.25) is 14.4 Å². The predicted octanol–water partition coefficient (Wildman–Crippen LogP) is 2.02. The number of nitrogens with two attached hydrogens (primary N) is 1. The van der Waals surface area contributed by atoms with Crippen LogP contribution in [-0.4, -0.2) is 21.4 Å². The Morgan fingerprint density at radius 2 is 1.92 bits per heavy atom. The molecule has 1 aliphatic rings. The summed E-state index contributed by atoms with van der Waals surface area (Å²) in [5, 5.41) is 1.61. The lowest BCUT2D eigenvalue weighted by molar-refractivity contribution is 0.1000. The van der Waals surface area contributed by atoms with Crippen molar-refractivity contribution in [2.75, 3.05) is 16.9 Å². The summed E-state index contributed by atoms with van der Waals surface area (Å²) >= 11 is 0. The van der Waals surface area contributed by atoms with Gasteiger partial charge in [-0.05, 0) is 54.4 Å². The molecule has 8 heteroatoms. The topological polar surface area (TPSA) is 102 Å². The van der Waals surface area contributed by atoms with Crippen LogP contribution in [0.3, 0.4) is 0 Å². The highest BCUT2D eigenvalue weighted by molar-refractivity contribution is 7.92. The number of carbonyl (C=O) groups is 1. The second-order valence-electron chi connectivity index (χ2n) is 5.43. The fourth-order valence-electron chi connectivity index (χ4n) is 2.55. The van der Waals surface area contributed by atoms with Crippen LogP contribution in [0.5, 0.6) is 0 Å². The van der Waals surface area contributed by atoms with Crippen molar-refractivity contribution < 1.29 is 18.0 Å². The summed E-state index contributed by atoms with van der Waals surface area (Å²) in [4.78, 5) is 16.4. The molecule has 0 unspecified atom stereocenters. The van der Waals surface area contributed by atoms with Crippen molar-refractivity contribution in [1.29, 1.82) is 0 Å². The van der Waals surface area contributed by atoms with Crippen molar-refractivity contribution in [1.82, 2.24) is 0 Å². The fourth-order valence-corrected chi connectivity index (χ4v) is 3.60. The van der Waals surface area contributed by atoms with Gasteiger partial charge in [0.15, 0.2) is 0 Å². The number of sulfonamides is 1. The third kappa shape index (κ3) is 3.49. The lowest BCUT2D eigenvalue weighted by Crippen LogP contribution is -2.19. The summed E-state index contributed by atoms with van der Waals surface area (Å²) in [6.45, 7) is 0. The first-order valence-electron chi connectivity index (χ1n) is 7.46. The van der Waals surface area contributed by atoms with Crippen LogP contribution in [0.4, 0.5) is 11.4 Å². The van der Waals surface area contributed by atoms with Crippen LogP contribution >= 0.6 is 0 Å². The van der Waals surface area contributed by atoms with E-state index in [9.17, 15) is 13.2 Å². The molecule has 1 amide bonds. The quantitative estimate of drug-likeness (QED) is 0.850. The molecule has 0 spiro atoms. The second-order valence-corrected chi connectivity index (χ2v) is 7.12. The van der Waals surface area contributed by atoms with Gasteiger partial charge in [-0.2, -0.15) is 0 Å². The molecule has 0 aliphatic carbocycles. The Bertz CT molecular complexity index is 937. The van der Waals surface area contributed by atoms with Crippen molar-refractivity contribution in [2.24, 2.45) is 5.73 Å². The Kier molecular flexibility index (Phi) is 4.47. The second kappa shape index (κ2) is 6.58. The van der Waals surface area contributed by atoms with Crippen LogP contribution in [0.25, 0.3) is 0 Å². The smallest absolute Gasteiger partial charge is 0.261 e. The van der Waals surface area contributed by atoms with Gasteiger partial charge >= 0.3 is 0 Å². The Hall–Kier alpha value is -2.84. The minimum atomic E-state index is -3.77. The number of anilines is 2. The van der Waals surface area contributed by atoms with Crippen molar-refractivity contribution in [3.63, 3.8) is 0 Å². The number of primary amides is 1. The molecule has 0 radical (unpaired) electrons. The number of allylic oxidation sites excluding steroid dienone is 1. The highest BCUT2D eigenvalue weighted by Gasteiger charge is 2.17. The van der Waals surface area contributed by atoms with Gasteiger partial charge in [0.05, 0.1) is 17.7 Å². The molecule has 3 rings (SSSR count). The molecule has 0 fully saturated rings. The van der Waals surface area contributed by atoms with E-state index >= 15 is 0 Å². The van der Waals surface area contributed by atoms with Gasteiger partial charge in [-0.25, -0.2) is 13.5 Å². The van der Waals surface area contributed by atoms with E-state index in [1.165, 1.54) is 24.3 Å². The van der Waals surface area contributed by atoms with E-state index in [1.807, 2.05) is 12.3 Å². The molecule has 2 aromatic carbocycles. The summed E-state index contributed by atoms with van der Waals surface area (Å²) in [6, 6.07) is 10.7. The fraction of sp³-hybridized carbons (Fsp3) is 0.118. The maximum absolute atomic E-state index is 12.5. The first kappa shape index (κ1) is 17.0. The van der Waals surface area contributed by atoms with Gasteiger partial charge in [0, 0.05) is 17.5 Å². The number of rotatable bonds is 5. The molecule has 7 nitrogen and oxygen atoms in total. The number of carbonyl (C=O) groups excluding carboxylic acids is 1. The largest absolute Gasteiger partial charge is 0.366 e. The minimum absolute atomic E-state index is 0.0497. The average molecular weight is 359 g/mol. The van der Waals surface area contributed by atoms with E-state index < -0.39 is 15.9 Å². The van der Waals surface area contributed by atoms with Gasteiger partial charge in [0.2, 0.25) is 5.91 Å². The van der Waals surface area contributed by atoms with Crippen LogP contribution in [0.2, 0.25) is 0 Å². The minimum Gasteiger partial charge on any atom is -0.366 e. The number of hydroxylamine groups is 1. The Labute approximate surface area is 145 Å². The lowest BCUT2D eigenvalue weighted by atomic mass is 10.1. The van der Waals surface area contributed by atoms with Gasteiger partial charge in [-0.1, -0.05) is 6.08 Å². The standard InChI is InChI=1S/C17H17N3O4S/c1-24-20-10-2-3-13-11-14(6-9-16(13)20)19-25(22,23)15-7-4-12(5-8-15)17(18)21/h2,4-11,19H,3H2,1H3,(H2,18,21). The molecule has 130 valence electrons. The predicted molar refractivity (Wildman–Crippen MR) is 94.5 cm³/mol. The number of hydrogen-bond acceptors (Lipinski definition) is 5. The summed E-state index contributed by atoms with van der Waals surface area (Å²) in [7, 11) is -2.21. The van der Waals surface area contributed by atoms with E-state index in [0.29, 0.717) is 12.1 Å². The summed E-state index contributed by atoms with van der Waals surface area (Å²) in [5.74, 6) is -0.609. The van der Waals surface area contributed by atoms with Gasteiger partial charge < -0.3 is 5.73 Å². The Balaban J connectivity index is 1.85. The number of nitrogens with zero attached hydrogens (tertiary/aromatic N) is 1. The molecule has 0 atom stereocenters. The third-order valence-corrected chi connectivity index (χ3v) is 5.19. The molecular formula is C17H17N3O4S. The molecule has 1 heterocycles. The Morgan fingerprint density at radius 3 is 2.56 bits per heavy atom. The van der Waals surface area contributed by atoms with Crippen molar-refractivity contribution in [2.45, 2.75) is 11.3 Å². The zero-order valence-corrected chi connectivity index (χ0v) is 14.3. The number of amides is 1. The maximum atomic E-state index is 12.5. The monoisotopic (exact) mass is 359 g/mol. The summed E-state index contributed by atoms with van der Waals surface area (Å²) in [6.07, 6.45) is 4.41. The highest BCUT2D eigenvalue weighted by Crippen LogP contribution is 2.29. The Morgan fingerprint density at radius 1 is 1.20 bits per heavy atom. The maximum Gasteiger partial charge on any atom is 0.261 e. The molecule has 0 saturated heterocycles. The molecule has 0 saturated carbocycles. The van der Waals surface area contributed by atoms with Crippen LogP contribution in [0.1, 0.15) is 15.9 Å². The van der Waals surface area contributed by atoms with Crippen molar-refractivity contribution in [3.05, 3.63) is 65.9 Å². The normalized spacial score (nSPS) is 13.4. The molecule has 25 heavy (non-hydrogen) atoms. The zero-order valence-electron chi connectivity index (χ0n) is 13.5. The highest BCUT2D eigenvalue weighted by atomic mass is 32.2. The van der Waals surface area contributed by atoms with Crippen molar-refractivity contribution in [3.8, 4) is 0 Å². The zero-order chi connectivity index (χ0) is 18.0.